The van der Waals surface area contributed by atoms with Crippen molar-refractivity contribution in [2.75, 3.05) is 5.73 Å². The van der Waals surface area contributed by atoms with Gasteiger partial charge in [0.2, 0.25) is 0 Å². The van der Waals surface area contributed by atoms with Crippen molar-refractivity contribution in [3.63, 3.8) is 0 Å². The monoisotopic (exact) mass is 207 g/mol. The van der Waals surface area contributed by atoms with Crippen LogP contribution in [0.1, 0.15) is 51.0 Å². The number of hydrogen-bond donors (Lipinski definition) is 1. The first-order valence-corrected chi connectivity index (χ1v) is 5.98. The molecule has 0 radical (unpaired) electrons. The number of anilines is 1. The Hall–Kier alpha value is -0.990. The van der Waals surface area contributed by atoms with Crippen molar-refractivity contribution in [2.24, 2.45) is 5.92 Å². The minimum atomic E-state index is 0.624. The molecule has 1 fully saturated rings. The van der Waals surface area contributed by atoms with E-state index in [4.69, 9.17) is 5.73 Å². The van der Waals surface area contributed by atoms with Crippen LogP contribution < -0.4 is 5.73 Å². The normalized spacial score (nSPS) is 16.3. The van der Waals surface area contributed by atoms with E-state index >= 15 is 0 Å². The van der Waals surface area contributed by atoms with Gasteiger partial charge in [-0.15, -0.1) is 0 Å². The first kappa shape index (κ1) is 10.5. The molecule has 1 aromatic heterocycles. The number of rotatable bonds is 4. The second-order valence-electron chi connectivity index (χ2n) is 4.93. The highest BCUT2D eigenvalue weighted by Crippen LogP contribution is 2.42. The van der Waals surface area contributed by atoms with Crippen LogP contribution in [0.3, 0.4) is 0 Å². The molecule has 2 rings (SSSR count). The van der Waals surface area contributed by atoms with Crippen LogP contribution in [-0.4, -0.2) is 9.55 Å². The minimum Gasteiger partial charge on any atom is -0.384 e. The van der Waals surface area contributed by atoms with Gasteiger partial charge in [0.15, 0.2) is 0 Å². The van der Waals surface area contributed by atoms with Gasteiger partial charge >= 0.3 is 0 Å². The number of aryl methyl sites for hydroxylation is 1. The third kappa shape index (κ3) is 2.01. The van der Waals surface area contributed by atoms with Gasteiger partial charge in [0.1, 0.15) is 11.6 Å². The fraction of sp³-hybridized carbons (Fsp3) is 0.750. The predicted octanol–water partition coefficient (Wildman–Crippen LogP) is 2.56. The van der Waals surface area contributed by atoms with E-state index in [0.29, 0.717) is 11.8 Å². The van der Waals surface area contributed by atoms with Gasteiger partial charge < -0.3 is 10.3 Å². The van der Waals surface area contributed by atoms with E-state index in [-0.39, 0.29) is 0 Å². The van der Waals surface area contributed by atoms with E-state index in [1.54, 1.807) is 0 Å². The first-order valence-electron chi connectivity index (χ1n) is 5.98. The Morgan fingerprint density at radius 2 is 2.13 bits per heavy atom. The molecular formula is C12H21N3. The Balaban J connectivity index is 2.32. The Labute approximate surface area is 91.7 Å². The van der Waals surface area contributed by atoms with Crippen molar-refractivity contribution in [1.82, 2.24) is 9.55 Å². The van der Waals surface area contributed by atoms with Gasteiger partial charge in [-0.25, -0.2) is 4.98 Å². The molecule has 1 aromatic rings. The standard InChI is InChI=1S/C12H21N3/c1-4-10-14-11(9-5-6-9)12(13)15(10)7-8(2)3/h8-9H,4-7,13H2,1-3H3. The van der Waals surface area contributed by atoms with E-state index in [0.717, 1.165) is 30.3 Å². The molecule has 2 N–H and O–H groups in total. The zero-order valence-corrected chi connectivity index (χ0v) is 9.95. The lowest BCUT2D eigenvalue weighted by atomic mass is 10.2. The Morgan fingerprint density at radius 3 is 2.60 bits per heavy atom. The maximum atomic E-state index is 6.17. The van der Waals surface area contributed by atoms with Crippen molar-refractivity contribution in [1.29, 1.82) is 0 Å². The summed E-state index contributed by atoms with van der Waals surface area (Å²) in [6.45, 7) is 7.58. The van der Waals surface area contributed by atoms with Crippen LogP contribution in [0, 0.1) is 5.92 Å². The minimum absolute atomic E-state index is 0.624. The summed E-state index contributed by atoms with van der Waals surface area (Å²) in [6, 6.07) is 0. The van der Waals surface area contributed by atoms with Crippen LogP contribution in [0.5, 0.6) is 0 Å². The summed E-state index contributed by atoms with van der Waals surface area (Å²) >= 11 is 0. The molecule has 3 nitrogen and oxygen atoms in total. The number of nitrogens with two attached hydrogens (primary N) is 1. The molecule has 0 aliphatic heterocycles. The number of nitrogen functional groups attached to an aromatic ring is 1. The molecule has 0 saturated heterocycles. The van der Waals surface area contributed by atoms with Crippen molar-refractivity contribution in [3.05, 3.63) is 11.5 Å². The maximum Gasteiger partial charge on any atom is 0.127 e. The largest absolute Gasteiger partial charge is 0.384 e. The fourth-order valence-corrected chi connectivity index (χ4v) is 2.03. The number of aromatic nitrogens is 2. The van der Waals surface area contributed by atoms with Crippen LogP contribution in [0.4, 0.5) is 5.82 Å². The SMILES string of the molecule is CCc1nc(C2CC2)c(N)n1CC(C)C. The van der Waals surface area contributed by atoms with Gasteiger partial charge in [0, 0.05) is 18.9 Å². The lowest BCUT2D eigenvalue weighted by Gasteiger charge is -2.11. The van der Waals surface area contributed by atoms with Gasteiger partial charge in [-0.2, -0.15) is 0 Å². The zero-order valence-electron chi connectivity index (χ0n) is 9.95. The summed E-state index contributed by atoms with van der Waals surface area (Å²) in [6.07, 6.45) is 3.52. The lowest BCUT2D eigenvalue weighted by molar-refractivity contribution is 0.513. The molecule has 0 atom stereocenters. The molecule has 0 bridgehead atoms. The molecule has 0 aromatic carbocycles. The average Bonchev–Trinajstić information content (AvgIpc) is 2.96. The van der Waals surface area contributed by atoms with Crippen LogP contribution in [0.2, 0.25) is 0 Å². The predicted molar refractivity (Wildman–Crippen MR) is 62.8 cm³/mol. The zero-order chi connectivity index (χ0) is 11.0. The molecule has 84 valence electrons. The highest BCUT2D eigenvalue weighted by molar-refractivity contribution is 5.42. The van der Waals surface area contributed by atoms with Crippen molar-refractivity contribution in [2.45, 2.75) is 52.5 Å². The Bertz CT molecular complexity index is 348. The smallest absolute Gasteiger partial charge is 0.127 e. The molecule has 1 heterocycles. The maximum absolute atomic E-state index is 6.17. The number of nitrogens with zero attached hydrogens (tertiary/aromatic N) is 2. The third-order valence-electron chi connectivity index (χ3n) is 2.94. The van der Waals surface area contributed by atoms with E-state index in [1.165, 1.54) is 12.8 Å². The first-order chi connectivity index (χ1) is 7.13. The highest BCUT2D eigenvalue weighted by atomic mass is 15.1. The Kier molecular flexibility index (Phi) is 2.72. The summed E-state index contributed by atoms with van der Waals surface area (Å²) in [5.74, 6) is 3.36. The highest BCUT2D eigenvalue weighted by Gasteiger charge is 2.30. The Morgan fingerprint density at radius 1 is 1.47 bits per heavy atom. The number of hydrogen-bond acceptors (Lipinski definition) is 2. The van der Waals surface area contributed by atoms with E-state index in [1.807, 2.05) is 0 Å². The number of imidazole rings is 1. The molecule has 1 aliphatic carbocycles. The molecule has 15 heavy (non-hydrogen) atoms. The van der Waals surface area contributed by atoms with Gasteiger partial charge in [-0.1, -0.05) is 20.8 Å². The molecule has 1 saturated carbocycles. The molecule has 0 amide bonds. The molecule has 3 heteroatoms. The van der Waals surface area contributed by atoms with Crippen LogP contribution in [0.25, 0.3) is 0 Å². The fourth-order valence-electron chi connectivity index (χ4n) is 2.03. The third-order valence-corrected chi connectivity index (χ3v) is 2.94. The summed E-state index contributed by atoms with van der Waals surface area (Å²) in [5, 5.41) is 0. The second kappa shape index (κ2) is 3.87. The topological polar surface area (TPSA) is 43.8 Å². The summed E-state index contributed by atoms with van der Waals surface area (Å²) in [5.41, 5.74) is 7.33. The van der Waals surface area contributed by atoms with Crippen LogP contribution in [-0.2, 0) is 13.0 Å². The average molecular weight is 207 g/mol. The molecule has 0 unspecified atom stereocenters. The lowest BCUT2D eigenvalue weighted by Crippen LogP contribution is -2.11. The van der Waals surface area contributed by atoms with E-state index in [2.05, 4.69) is 30.3 Å². The van der Waals surface area contributed by atoms with E-state index < -0.39 is 0 Å². The molecular weight excluding hydrogens is 186 g/mol. The van der Waals surface area contributed by atoms with Crippen molar-refractivity contribution >= 4 is 5.82 Å². The van der Waals surface area contributed by atoms with Crippen LogP contribution >= 0.6 is 0 Å². The van der Waals surface area contributed by atoms with E-state index in [9.17, 15) is 0 Å². The van der Waals surface area contributed by atoms with Gasteiger partial charge in [-0.05, 0) is 18.8 Å². The van der Waals surface area contributed by atoms with Gasteiger partial charge in [0.25, 0.3) is 0 Å². The second-order valence-corrected chi connectivity index (χ2v) is 4.93. The van der Waals surface area contributed by atoms with Gasteiger partial charge in [-0.3, -0.25) is 0 Å². The van der Waals surface area contributed by atoms with Crippen molar-refractivity contribution < 1.29 is 0 Å². The summed E-state index contributed by atoms with van der Waals surface area (Å²) in [4.78, 5) is 4.68. The molecule has 0 spiro atoms. The van der Waals surface area contributed by atoms with Gasteiger partial charge in [0.05, 0.1) is 5.69 Å². The molecule has 1 aliphatic rings. The summed E-state index contributed by atoms with van der Waals surface area (Å²) in [7, 11) is 0. The van der Waals surface area contributed by atoms with Crippen LogP contribution in [0.15, 0.2) is 0 Å². The summed E-state index contributed by atoms with van der Waals surface area (Å²) < 4.78 is 2.21. The van der Waals surface area contributed by atoms with Crippen molar-refractivity contribution in [3.8, 4) is 0 Å². The quantitative estimate of drug-likeness (QED) is 0.824.